The van der Waals surface area contributed by atoms with E-state index >= 15 is 0 Å². The molecule has 0 saturated carbocycles. The quantitative estimate of drug-likeness (QED) is 0.633. The zero-order valence-corrected chi connectivity index (χ0v) is 11.8. The predicted molar refractivity (Wildman–Crippen MR) is 73.3 cm³/mol. The molecule has 0 aliphatic carbocycles. The molecule has 114 valence electrons. The number of amides is 2. The lowest BCUT2D eigenvalue weighted by Gasteiger charge is -2.17. The topological polar surface area (TPSA) is 92.6 Å². The number of rotatable bonds is 6. The SMILES string of the molecule is CCCNC(=O)CN(C)C(=O)c1cc([N+](=O)[O-])ccc1F. The van der Waals surface area contributed by atoms with E-state index in [0.717, 1.165) is 29.5 Å². The number of carbonyl (C=O) groups is 2. The number of hydrogen-bond acceptors (Lipinski definition) is 4. The van der Waals surface area contributed by atoms with Crippen LogP contribution in [-0.4, -0.2) is 41.8 Å². The van der Waals surface area contributed by atoms with Crippen molar-refractivity contribution in [3.8, 4) is 0 Å². The average Bonchev–Trinajstić information content (AvgIpc) is 2.44. The molecule has 1 aromatic rings. The number of nitro groups is 1. The fourth-order valence-electron chi connectivity index (χ4n) is 1.60. The van der Waals surface area contributed by atoms with Gasteiger partial charge in [0.15, 0.2) is 0 Å². The number of non-ortho nitro benzene ring substituents is 1. The molecule has 7 nitrogen and oxygen atoms in total. The first-order chi connectivity index (χ1) is 9.86. The van der Waals surface area contributed by atoms with E-state index in [4.69, 9.17) is 0 Å². The zero-order valence-electron chi connectivity index (χ0n) is 11.8. The maximum atomic E-state index is 13.6. The fourth-order valence-corrected chi connectivity index (χ4v) is 1.60. The first-order valence-electron chi connectivity index (χ1n) is 6.33. The normalized spacial score (nSPS) is 10.0. The van der Waals surface area contributed by atoms with Gasteiger partial charge in [-0.15, -0.1) is 0 Å². The number of nitro benzene ring substituents is 1. The van der Waals surface area contributed by atoms with Gasteiger partial charge in [-0.25, -0.2) is 4.39 Å². The van der Waals surface area contributed by atoms with Crippen LogP contribution in [0.3, 0.4) is 0 Å². The number of hydrogen-bond donors (Lipinski definition) is 1. The summed E-state index contributed by atoms with van der Waals surface area (Å²) < 4.78 is 13.6. The van der Waals surface area contributed by atoms with Crippen molar-refractivity contribution < 1.29 is 18.9 Å². The molecule has 0 spiro atoms. The molecule has 8 heteroatoms. The Morgan fingerprint density at radius 1 is 1.43 bits per heavy atom. The first-order valence-corrected chi connectivity index (χ1v) is 6.33. The van der Waals surface area contributed by atoms with Crippen LogP contribution in [0.15, 0.2) is 18.2 Å². The standard InChI is InChI=1S/C13H16FN3O4/c1-3-6-15-12(18)8-16(2)13(19)10-7-9(17(20)21)4-5-11(10)14/h4-5,7H,3,6,8H2,1-2H3,(H,15,18). The van der Waals surface area contributed by atoms with Crippen molar-refractivity contribution in [2.75, 3.05) is 20.1 Å². The summed E-state index contributed by atoms with van der Waals surface area (Å²) >= 11 is 0. The minimum Gasteiger partial charge on any atom is -0.355 e. The average molecular weight is 297 g/mol. The van der Waals surface area contributed by atoms with Crippen LogP contribution in [0.2, 0.25) is 0 Å². The van der Waals surface area contributed by atoms with Crippen LogP contribution in [0.1, 0.15) is 23.7 Å². The van der Waals surface area contributed by atoms with E-state index in [1.807, 2.05) is 6.92 Å². The highest BCUT2D eigenvalue weighted by molar-refractivity contribution is 5.97. The molecule has 0 unspecified atom stereocenters. The number of nitrogens with one attached hydrogen (secondary N) is 1. The van der Waals surface area contributed by atoms with Crippen molar-refractivity contribution in [2.24, 2.45) is 0 Å². The van der Waals surface area contributed by atoms with Crippen LogP contribution in [0.25, 0.3) is 0 Å². The summed E-state index contributed by atoms with van der Waals surface area (Å²) in [5.74, 6) is -2.03. The molecule has 2 amide bonds. The van der Waals surface area contributed by atoms with Crippen LogP contribution >= 0.6 is 0 Å². The van der Waals surface area contributed by atoms with Crippen molar-refractivity contribution in [1.29, 1.82) is 0 Å². The Balaban J connectivity index is 2.85. The Morgan fingerprint density at radius 2 is 2.10 bits per heavy atom. The molecule has 0 heterocycles. The molecule has 0 fully saturated rings. The van der Waals surface area contributed by atoms with Gasteiger partial charge in [0, 0.05) is 25.7 Å². The van der Waals surface area contributed by atoms with Crippen molar-refractivity contribution >= 4 is 17.5 Å². The van der Waals surface area contributed by atoms with E-state index < -0.39 is 22.2 Å². The van der Waals surface area contributed by atoms with Gasteiger partial charge in [-0.3, -0.25) is 19.7 Å². The Kier molecular flexibility index (Phi) is 5.77. The molecule has 0 bridgehead atoms. The summed E-state index contributed by atoms with van der Waals surface area (Å²) in [6.45, 7) is 2.11. The number of halogens is 1. The molecule has 1 rings (SSSR count). The smallest absolute Gasteiger partial charge is 0.270 e. The Labute approximate surface area is 120 Å². The summed E-state index contributed by atoms with van der Waals surface area (Å²) in [5.41, 5.74) is -0.821. The van der Waals surface area contributed by atoms with Crippen LogP contribution in [0.5, 0.6) is 0 Å². The lowest BCUT2D eigenvalue weighted by atomic mass is 10.1. The Morgan fingerprint density at radius 3 is 2.67 bits per heavy atom. The Hall–Kier alpha value is -2.51. The van der Waals surface area contributed by atoms with Crippen molar-refractivity contribution in [2.45, 2.75) is 13.3 Å². The van der Waals surface area contributed by atoms with Gasteiger partial charge in [0.05, 0.1) is 17.0 Å². The third-order valence-corrected chi connectivity index (χ3v) is 2.69. The molecule has 0 radical (unpaired) electrons. The Bertz CT molecular complexity index is 562. The summed E-state index contributed by atoms with van der Waals surface area (Å²) in [4.78, 5) is 34.5. The highest BCUT2D eigenvalue weighted by Gasteiger charge is 2.21. The molecule has 21 heavy (non-hydrogen) atoms. The van der Waals surface area contributed by atoms with E-state index in [1.54, 1.807) is 0 Å². The van der Waals surface area contributed by atoms with Crippen molar-refractivity contribution in [3.63, 3.8) is 0 Å². The summed E-state index contributed by atoms with van der Waals surface area (Å²) in [6, 6.07) is 2.69. The lowest BCUT2D eigenvalue weighted by Crippen LogP contribution is -2.38. The minimum absolute atomic E-state index is 0.249. The second-order valence-corrected chi connectivity index (χ2v) is 4.43. The van der Waals surface area contributed by atoms with Gasteiger partial charge in [-0.1, -0.05) is 6.92 Å². The van der Waals surface area contributed by atoms with Gasteiger partial charge >= 0.3 is 0 Å². The molecular weight excluding hydrogens is 281 g/mol. The van der Waals surface area contributed by atoms with Crippen LogP contribution in [-0.2, 0) is 4.79 Å². The van der Waals surface area contributed by atoms with Gasteiger partial charge in [0.25, 0.3) is 11.6 Å². The van der Waals surface area contributed by atoms with E-state index in [2.05, 4.69) is 5.32 Å². The third-order valence-electron chi connectivity index (χ3n) is 2.69. The number of benzene rings is 1. The zero-order chi connectivity index (χ0) is 16.0. The number of likely N-dealkylation sites (N-methyl/N-ethyl adjacent to an activating group) is 1. The second-order valence-electron chi connectivity index (χ2n) is 4.43. The summed E-state index contributed by atoms with van der Waals surface area (Å²) in [5, 5.41) is 13.2. The molecule has 0 atom stereocenters. The van der Waals surface area contributed by atoms with E-state index in [1.165, 1.54) is 7.05 Å². The molecule has 0 aliphatic heterocycles. The van der Waals surface area contributed by atoms with Gasteiger partial charge in [-0.05, 0) is 12.5 Å². The van der Waals surface area contributed by atoms with Crippen molar-refractivity contribution in [3.05, 3.63) is 39.7 Å². The van der Waals surface area contributed by atoms with Gasteiger partial charge in [0.1, 0.15) is 5.82 Å². The summed E-state index contributed by atoms with van der Waals surface area (Å²) in [6.07, 6.45) is 0.753. The number of carbonyl (C=O) groups excluding carboxylic acids is 2. The van der Waals surface area contributed by atoms with Gasteiger partial charge in [0.2, 0.25) is 5.91 Å². The maximum absolute atomic E-state index is 13.6. The monoisotopic (exact) mass is 297 g/mol. The van der Waals surface area contributed by atoms with Gasteiger partial charge < -0.3 is 10.2 Å². The maximum Gasteiger partial charge on any atom is 0.270 e. The highest BCUT2D eigenvalue weighted by Crippen LogP contribution is 2.18. The molecule has 0 aliphatic rings. The van der Waals surface area contributed by atoms with Crippen LogP contribution < -0.4 is 5.32 Å². The van der Waals surface area contributed by atoms with Crippen LogP contribution in [0, 0.1) is 15.9 Å². The third kappa shape index (κ3) is 4.51. The molecule has 1 N–H and O–H groups in total. The number of nitrogens with zero attached hydrogens (tertiary/aromatic N) is 2. The minimum atomic E-state index is -0.869. The molecule has 1 aromatic carbocycles. The van der Waals surface area contributed by atoms with Crippen LogP contribution in [0.4, 0.5) is 10.1 Å². The van der Waals surface area contributed by atoms with E-state index in [0.29, 0.717) is 6.54 Å². The first kappa shape index (κ1) is 16.5. The molecule has 0 aromatic heterocycles. The van der Waals surface area contributed by atoms with E-state index in [9.17, 15) is 24.1 Å². The van der Waals surface area contributed by atoms with E-state index in [-0.39, 0.29) is 18.1 Å². The highest BCUT2D eigenvalue weighted by atomic mass is 19.1. The second kappa shape index (κ2) is 7.32. The van der Waals surface area contributed by atoms with Gasteiger partial charge in [-0.2, -0.15) is 0 Å². The fraction of sp³-hybridized carbons (Fsp3) is 0.385. The lowest BCUT2D eigenvalue weighted by molar-refractivity contribution is -0.384. The predicted octanol–water partition coefficient (Wildman–Crippen LogP) is 1.33. The molecular formula is C13H16FN3O4. The summed E-state index contributed by atoms with van der Waals surface area (Å²) in [7, 11) is 1.33. The largest absolute Gasteiger partial charge is 0.355 e. The molecule has 0 saturated heterocycles. The van der Waals surface area contributed by atoms with Crippen molar-refractivity contribution in [1.82, 2.24) is 10.2 Å².